The Morgan fingerprint density at radius 2 is 2.24 bits per heavy atom. The van der Waals surface area contributed by atoms with Crippen LogP contribution in [0, 0.1) is 0 Å². The molecule has 0 N–H and O–H groups in total. The van der Waals surface area contributed by atoms with Crippen molar-refractivity contribution in [2.24, 2.45) is 0 Å². The molecule has 1 atom stereocenters. The lowest BCUT2D eigenvalue weighted by molar-refractivity contribution is 0.137. The Bertz CT molecular complexity index is 398. The molecule has 94 valence electrons. The molecule has 0 radical (unpaired) electrons. The summed E-state index contributed by atoms with van der Waals surface area (Å²) in [7, 11) is 0. The summed E-state index contributed by atoms with van der Waals surface area (Å²) in [5, 5.41) is 2.13. The third-order valence-corrected chi connectivity index (χ3v) is 4.55. The molecule has 1 aliphatic rings. The summed E-state index contributed by atoms with van der Waals surface area (Å²) < 4.78 is 0. The Morgan fingerprint density at radius 1 is 1.53 bits per heavy atom. The number of rotatable bonds is 2. The third-order valence-electron chi connectivity index (χ3n) is 3.56. The fourth-order valence-corrected chi connectivity index (χ4v) is 3.41. The van der Waals surface area contributed by atoms with E-state index in [-0.39, 0.29) is 12.1 Å². The monoisotopic (exact) mass is 252 g/mol. The Morgan fingerprint density at radius 3 is 2.88 bits per heavy atom. The Labute approximate surface area is 107 Å². The summed E-state index contributed by atoms with van der Waals surface area (Å²) in [6.45, 7) is 8.62. The van der Waals surface area contributed by atoms with Crippen LogP contribution < -0.4 is 0 Å². The molecule has 1 aliphatic heterocycles. The molecule has 4 heteroatoms. The molecule has 0 aromatic carbocycles. The first-order chi connectivity index (χ1) is 8.19. The number of nitrogens with zero attached hydrogens (tertiary/aromatic N) is 2. The van der Waals surface area contributed by atoms with Crippen molar-refractivity contribution in [2.45, 2.75) is 33.2 Å². The van der Waals surface area contributed by atoms with E-state index in [0.29, 0.717) is 0 Å². The van der Waals surface area contributed by atoms with Gasteiger partial charge in [-0.25, -0.2) is 4.79 Å². The maximum atomic E-state index is 12.4. The number of hydrogen-bond donors (Lipinski definition) is 0. The van der Waals surface area contributed by atoms with Gasteiger partial charge in [-0.05, 0) is 44.2 Å². The average molecular weight is 252 g/mol. The number of fused-ring (bicyclic) bond motifs is 1. The van der Waals surface area contributed by atoms with Gasteiger partial charge in [-0.3, -0.25) is 0 Å². The highest BCUT2D eigenvalue weighted by atomic mass is 32.1. The van der Waals surface area contributed by atoms with Crippen molar-refractivity contribution < 1.29 is 4.79 Å². The molecule has 1 aromatic rings. The highest BCUT2D eigenvalue weighted by Gasteiger charge is 2.30. The Hall–Kier alpha value is -1.03. The second kappa shape index (κ2) is 5.08. The van der Waals surface area contributed by atoms with Crippen molar-refractivity contribution in [1.29, 1.82) is 0 Å². The van der Waals surface area contributed by atoms with E-state index in [1.54, 1.807) is 0 Å². The van der Waals surface area contributed by atoms with E-state index in [4.69, 9.17) is 0 Å². The summed E-state index contributed by atoms with van der Waals surface area (Å²) in [4.78, 5) is 17.7. The molecule has 17 heavy (non-hydrogen) atoms. The second-order valence-corrected chi connectivity index (χ2v) is 5.37. The van der Waals surface area contributed by atoms with Crippen molar-refractivity contribution >= 4 is 17.4 Å². The van der Waals surface area contributed by atoms with Crippen LogP contribution in [-0.2, 0) is 6.42 Å². The SMILES string of the molecule is CCN(CC)C(=O)N1CCc2sccc2C1C. The molecule has 0 bridgehead atoms. The molecule has 0 spiro atoms. The predicted molar refractivity (Wildman–Crippen MR) is 71.5 cm³/mol. The summed E-state index contributed by atoms with van der Waals surface area (Å²) in [6.07, 6.45) is 1.00. The number of carbonyl (C=O) groups is 1. The molecule has 0 saturated heterocycles. The van der Waals surface area contributed by atoms with Crippen molar-refractivity contribution in [3.63, 3.8) is 0 Å². The summed E-state index contributed by atoms with van der Waals surface area (Å²) in [6, 6.07) is 2.56. The lowest BCUT2D eigenvalue weighted by Crippen LogP contribution is -2.46. The van der Waals surface area contributed by atoms with Gasteiger partial charge in [0.1, 0.15) is 0 Å². The largest absolute Gasteiger partial charge is 0.325 e. The van der Waals surface area contributed by atoms with Crippen LogP contribution in [0.5, 0.6) is 0 Å². The van der Waals surface area contributed by atoms with Gasteiger partial charge in [0.25, 0.3) is 0 Å². The first-order valence-corrected chi connectivity index (χ1v) is 7.18. The molecule has 2 heterocycles. The molecule has 2 amide bonds. The van der Waals surface area contributed by atoms with Gasteiger partial charge in [0.2, 0.25) is 0 Å². The number of amides is 2. The number of hydrogen-bond acceptors (Lipinski definition) is 2. The van der Waals surface area contributed by atoms with Gasteiger partial charge < -0.3 is 9.80 Å². The lowest BCUT2D eigenvalue weighted by Gasteiger charge is -2.37. The fraction of sp³-hybridized carbons (Fsp3) is 0.615. The Balaban J connectivity index is 2.17. The van der Waals surface area contributed by atoms with E-state index in [9.17, 15) is 4.79 Å². The van der Waals surface area contributed by atoms with E-state index in [2.05, 4.69) is 18.4 Å². The molecular formula is C13H20N2OS. The van der Waals surface area contributed by atoms with Crippen molar-refractivity contribution in [3.05, 3.63) is 21.9 Å². The van der Waals surface area contributed by atoms with Crippen molar-refractivity contribution in [2.75, 3.05) is 19.6 Å². The van der Waals surface area contributed by atoms with Crippen LogP contribution in [0.15, 0.2) is 11.4 Å². The van der Waals surface area contributed by atoms with Gasteiger partial charge in [0.15, 0.2) is 0 Å². The minimum absolute atomic E-state index is 0.180. The van der Waals surface area contributed by atoms with Gasteiger partial charge in [0.05, 0.1) is 6.04 Å². The summed E-state index contributed by atoms with van der Waals surface area (Å²) >= 11 is 1.81. The first kappa shape index (κ1) is 12.4. The van der Waals surface area contributed by atoms with E-state index in [1.165, 1.54) is 10.4 Å². The normalized spacial score (nSPS) is 19.0. The smallest absolute Gasteiger partial charge is 0.320 e. The number of thiophene rings is 1. The van der Waals surface area contributed by atoms with Crippen LogP contribution in [0.3, 0.4) is 0 Å². The zero-order chi connectivity index (χ0) is 12.4. The zero-order valence-corrected chi connectivity index (χ0v) is 11.6. The van der Waals surface area contributed by atoms with Gasteiger partial charge in [0, 0.05) is 24.5 Å². The number of carbonyl (C=O) groups excluding carboxylic acids is 1. The standard InChI is InChI=1S/C13H20N2OS/c1-4-14(5-2)13(16)15-8-6-12-11(10(15)3)7-9-17-12/h7,9-10H,4-6,8H2,1-3H3. The van der Waals surface area contributed by atoms with E-state index in [1.807, 2.05) is 35.0 Å². The van der Waals surface area contributed by atoms with E-state index < -0.39 is 0 Å². The molecule has 0 aliphatic carbocycles. The quantitative estimate of drug-likeness (QED) is 0.793. The van der Waals surface area contributed by atoms with Gasteiger partial charge >= 0.3 is 6.03 Å². The van der Waals surface area contributed by atoms with Gasteiger partial charge in [-0.1, -0.05) is 0 Å². The van der Waals surface area contributed by atoms with Crippen molar-refractivity contribution in [3.8, 4) is 0 Å². The van der Waals surface area contributed by atoms with Crippen LogP contribution in [0.1, 0.15) is 37.3 Å². The molecule has 0 saturated carbocycles. The van der Waals surface area contributed by atoms with E-state index in [0.717, 1.165) is 26.1 Å². The highest BCUT2D eigenvalue weighted by molar-refractivity contribution is 7.10. The molecule has 0 fully saturated rings. The maximum Gasteiger partial charge on any atom is 0.320 e. The van der Waals surface area contributed by atoms with Crippen LogP contribution >= 0.6 is 11.3 Å². The predicted octanol–water partition coefficient (Wildman–Crippen LogP) is 3.13. The third kappa shape index (κ3) is 2.18. The lowest BCUT2D eigenvalue weighted by atomic mass is 10.0. The minimum Gasteiger partial charge on any atom is -0.325 e. The van der Waals surface area contributed by atoms with Gasteiger partial charge in [-0.2, -0.15) is 0 Å². The molecular weight excluding hydrogens is 232 g/mol. The molecule has 1 aromatic heterocycles. The Kier molecular flexibility index (Phi) is 3.72. The second-order valence-electron chi connectivity index (χ2n) is 4.37. The van der Waals surface area contributed by atoms with Crippen LogP contribution in [0.2, 0.25) is 0 Å². The average Bonchev–Trinajstić information content (AvgIpc) is 2.80. The highest BCUT2D eigenvalue weighted by Crippen LogP contribution is 2.33. The first-order valence-electron chi connectivity index (χ1n) is 6.30. The summed E-state index contributed by atoms with van der Waals surface area (Å²) in [5.74, 6) is 0. The molecule has 2 rings (SSSR count). The van der Waals surface area contributed by atoms with Gasteiger partial charge in [-0.15, -0.1) is 11.3 Å². The molecule has 3 nitrogen and oxygen atoms in total. The topological polar surface area (TPSA) is 23.6 Å². The minimum atomic E-state index is 0.180. The van der Waals surface area contributed by atoms with Crippen LogP contribution in [-0.4, -0.2) is 35.5 Å². The summed E-state index contributed by atoms with van der Waals surface area (Å²) in [5.41, 5.74) is 1.33. The van der Waals surface area contributed by atoms with E-state index >= 15 is 0 Å². The zero-order valence-electron chi connectivity index (χ0n) is 10.8. The van der Waals surface area contributed by atoms with Crippen molar-refractivity contribution in [1.82, 2.24) is 9.80 Å². The van der Waals surface area contributed by atoms with Crippen LogP contribution in [0.25, 0.3) is 0 Å². The maximum absolute atomic E-state index is 12.4. The van der Waals surface area contributed by atoms with Crippen LogP contribution in [0.4, 0.5) is 4.79 Å². The fourth-order valence-electron chi connectivity index (χ4n) is 2.45. The number of urea groups is 1. The molecule has 1 unspecified atom stereocenters.